The number of carbonyl (C=O) groups excluding carboxylic acids is 2. The predicted octanol–water partition coefficient (Wildman–Crippen LogP) is 7.76. The van der Waals surface area contributed by atoms with Crippen molar-refractivity contribution in [1.29, 1.82) is 0 Å². The number of hydrogen-bond donors (Lipinski definition) is 2. The average molecular weight is 601 g/mol. The number of rotatable bonds is 0. The SMILES string of the molecule is C#C[C@]1(O)CC[C@H]2[C@@H]3CCC4=CC(=O)CC[C@]4(C)[C@H]3CC[C@@]21C.C[C@]12CC[C@H]3[C@@H](CCC4=CC(=O)CC[C@@]43C)[C@@H]1CC[C@@H]2O. The summed E-state index contributed by atoms with van der Waals surface area (Å²) in [6, 6.07) is 0. The molecule has 12 atom stereocenters. The van der Waals surface area contributed by atoms with E-state index in [9.17, 15) is 19.8 Å². The van der Waals surface area contributed by atoms with Crippen molar-refractivity contribution in [3.63, 3.8) is 0 Å². The van der Waals surface area contributed by atoms with E-state index in [1.165, 1.54) is 43.3 Å². The van der Waals surface area contributed by atoms with Crippen molar-refractivity contribution >= 4 is 11.6 Å². The molecule has 240 valence electrons. The van der Waals surface area contributed by atoms with E-state index in [-0.39, 0.29) is 27.8 Å². The second kappa shape index (κ2) is 10.4. The Hall–Kier alpha value is -1.70. The summed E-state index contributed by atoms with van der Waals surface area (Å²) in [7, 11) is 0. The third-order valence-electron chi connectivity index (χ3n) is 16.3. The molecule has 0 aromatic rings. The van der Waals surface area contributed by atoms with Gasteiger partial charge in [-0.2, -0.15) is 0 Å². The second-order valence-electron chi connectivity index (χ2n) is 17.6. The topological polar surface area (TPSA) is 74.6 Å². The lowest BCUT2D eigenvalue weighted by Gasteiger charge is -2.58. The third kappa shape index (κ3) is 4.23. The van der Waals surface area contributed by atoms with Crippen molar-refractivity contribution in [2.24, 2.45) is 57.2 Å². The molecule has 0 unspecified atom stereocenters. The van der Waals surface area contributed by atoms with Gasteiger partial charge >= 0.3 is 0 Å². The number of allylic oxidation sites excluding steroid dienone is 2. The Labute approximate surface area is 265 Å². The first kappa shape index (κ1) is 30.9. The molecule has 0 aliphatic heterocycles. The fourth-order valence-corrected chi connectivity index (χ4v) is 13.3. The van der Waals surface area contributed by atoms with Gasteiger partial charge in [0.25, 0.3) is 0 Å². The monoisotopic (exact) mass is 600 g/mol. The maximum Gasteiger partial charge on any atom is 0.155 e. The van der Waals surface area contributed by atoms with Gasteiger partial charge in [-0.15, -0.1) is 6.42 Å². The largest absolute Gasteiger partial charge is 0.393 e. The molecule has 2 N–H and O–H groups in total. The molecule has 0 spiro atoms. The van der Waals surface area contributed by atoms with Crippen LogP contribution in [0.25, 0.3) is 0 Å². The Morgan fingerprint density at radius 3 is 1.75 bits per heavy atom. The number of ketones is 2. The first-order valence-corrected chi connectivity index (χ1v) is 18.1. The van der Waals surface area contributed by atoms with Crippen molar-refractivity contribution in [3.8, 4) is 12.3 Å². The predicted molar refractivity (Wildman–Crippen MR) is 173 cm³/mol. The summed E-state index contributed by atoms with van der Waals surface area (Å²) in [4.78, 5) is 23.6. The molecular weight excluding hydrogens is 544 g/mol. The van der Waals surface area contributed by atoms with Gasteiger partial charge in [-0.1, -0.05) is 44.8 Å². The van der Waals surface area contributed by atoms with Gasteiger partial charge in [0.05, 0.1) is 6.10 Å². The summed E-state index contributed by atoms with van der Waals surface area (Å²) in [6.45, 7) is 9.39. The van der Waals surface area contributed by atoms with Crippen LogP contribution in [0.15, 0.2) is 23.3 Å². The van der Waals surface area contributed by atoms with Crippen LogP contribution in [0.2, 0.25) is 0 Å². The standard InChI is InChI=1S/C21H28O2.C19H28O2/c1-4-21(23)12-9-18-16-6-5-14-13-15(22)7-10-19(14,2)17(16)8-11-20(18,21)3;1-18-9-7-13(20)11-12(18)3-4-14-15-5-6-17(21)19(15,2)10-8-16(14)18/h1,13,16-18,23H,5-12H2,2-3H3;11,14-17,21H,3-10H2,1-2H3/t16-,17+,18+,19+,20+,21+;14-,15-,16-,17-,18-,19-/m10/s1. The normalized spacial score (nSPS) is 52.3. The molecule has 0 radical (unpaired) electrons. The van der Waals surface area contributed by atoms with Crippen LogP contribution in [0.5, 0.6) is 0 Å². The van der Waals surface area contributed by atoms with E-state index in [0.717, 1.165) is 76.0 Å². The number of terminal acetylenes is 1. The van der Waals surface area contributed by atoms with Crippen molar-refractivity contribution in [3.05, 3.63) is 23.3 Å². The number of hydrogen-bond acceptors (Lipinski definition) is 4. The highest BCUT2D eigenvalue weighted by Crippen LogP contribution is 2.68. The van der Waals surface area contributed by atoms with Crippen LogP contribution in [0.4, 0.5) is 0 Å². The lowest BCUT2D eigenvalue weighted by Crippen LogP contribution is -2.54. The molecule has 6 saturated carbocycles. The zero-order valence-electron chi connectivity index (χ0n) is 27.8. The van der Waals surface area contributed by atoms with Gasteiger partial charge in [0.2, 0.25) is 0 Å². The Morgan fingerprint density at radius 2 is 1.18 bits per heavy atom. The minimum atomic E-state index is -0.914. The smallest absolute Gasteiger partial charge is 0.155 e. The number of fused-ring (bicyclic) bond motifs is 10. The van der Waals surface area contributed by atoms with E-state index >= 15 is 0 Å². The summed E-state index contributed by atoms with van der Waals surface area (Å²) in [6.07, 6.45) is 26.3. The number of aliphatic hydroxyl groups is 2. The van der Waals surface area contributed by atoms with Gasteiger partial charge in [-0.05, 0) is 154 Å². The first-order valence-electron chi connectivity index (χ1n) is 18.1. The Morgan fingerprint density at radius 1 is 0.659 bits per heavy atom. The van der Waals surface area contributed by atoms with Gasteiger partial charge in [0, 0.05) is 18.3 Å². The molecule has 0 saturated heterocycles. The van der Waals surface area contributed by atoms with Crippen molar-refractivity contribution < 1.29 is 19.8 Å². The highest BCUT2D eigenvalue weighted by atomic mass is 16.3. The van der Waals surface area contributed by atoms with Gasteiger partial charge in [0.15, 0.2) is 11.6 Å². The molecule has 8 rings (SSSR count). The number of aliphatic hydroxyl groups excluding tert-OH is 1. The van der Waals surface area contributed by atoms with Crippen LogP contribution < -0.4 is 0 Å². The lowest BCUT2D eigenvalue weighted by atomic mass is 9.46. The summed E-state index contributed by atoms with van der Waals surface area (Å²) in [5.74, 6) is 7.50. The van der Waals surface area contributed by atoms with Crippen LogP contribution in [0.3, 0.4) is 0 Å². The quantitative estimate of drug-likeness (QED) is 0.279. The number of carbonyl (C=O) groups is 2. The molecule has 0 bridgehead atoms. The molecule has 4 heteroatoms. The van der Waals surface area contributed by atoms with Crippen LogP contribution in [-0.2, 0) is 9.59 Å². The zero-order valence-corrected chi connectivity index (χ0v) is 27.8. The van der Waals surface area contributed by atoms with E-state index in [1.54, 1.807) is 0 Å². The Kier molecular flexibility index (Phi) is 7.31. The van der Waals surface area contributed by atoms with E-state index in [4.69, 9.17) is 6.42 Å². The van der Waals surface area contributed by atoms with Crippen molar-refractivity contribution in [1.82, 2.24) is 0 Å². The first-order chi connectivity index (χ1) is 20.8. The average Bonchev–Trinajstić information content (AvgIpc) is 3.46. The third-order valence-corrected chi connectivity index (χ3v) is 16.3. The molecule has 0 aromatic carbocycles. The molecule has 4 nitrogen and oxygen atoms in total. The van der Waals surface area contributed by atoms with Crippen molar-refractivity contribution in [2.75, 3.05) is 0 Å². The maximum absolute atomic E-state index is 11.8. The molecule has 8 aliphatic rings. The van der Waals surface area contributed by atoms with Crippen LogP contribution in [-0.4, -0.2) is 33.5 Å². The van der Waals surface area contributed by atoms with E-state index in [0.29, 0.717) is 41.7 Å². The summed E-state index contributed by atoms with van der Waals surface area (Å²) >= 11 is 0. The van der Waals surface area contributed by atoms with E-state index in [1.807, 2.05) is 12.2 Å². The highest BCUT2D eigenvalue weighted by Gasteiger charge is 2.64. The summed E-state index contributed by atoms with van der Waals surface area (Å²) in [5.41, 5.74) is 2.46. The molecule has 6 fully saturated rings. The van der Waals surface area contributed by atoms with E-state index in [2.05, 4.69) is 33.6 Å². The highest BCUT2D eigenvalue weighted by molar-refractivity contribution is 5.92. The fourth-order valence-electron chi connectivity index (χ4n) is 13.3. The minimum Gasteiger partial charge on any atom is -0.393 e. The molecule has 8 aliphatic carbocycles. The van der Waals surface area contributed by atoms with E-state index < -0.39 is 5.60 Å². The zero-order chi connectivity index (χ0) is 31.3. The van der Waals surface area contributed by atoms with Gasteiger partial charge in [-0.3, -0.25) is 9.59 Å². The Bertz CT molecular complexity index is 1330. The van der Waals surface area contributed by atoms with Crippen LogP contribution in [0.1, 0.15) is 130 Å². The maximum atomic E-state index is 11.8. The van der Waals surface area contributed by atoms with Crippen LogP contribution >= 0.6 is 0 Å². The fraction of sp³-hybridized carbons (Fsp3) is 0.800. The lowest BCUT2D eigenvalue weighted by molar-refractivity contribution is -0.119. The molecule has 0 heterocycles. The molecule has 0 aromatic heterocycles. The summed E-state index contributed by atoms with van der Waals surface area (Å²) < 4.78 is 0. The molecule has 0 amide bonds. The Balaban J connectivity index is 0.000000143. The second-order valence-corrected chi connectivity index (χ2v) is 17.6. The van der Waals surface area contributed by atoms with Crippen LogP contribution in [0, 0.1) is 69.5 Å². The van der Waals surface area contributed by atoms with Gasteiger partial charge in [0.1, 0.15) is 5.60 Å². The van der Waals surface area contributed by atoms with Crippen molar-refractivity contribution in [2.45, 2.75) is 142 Å². The van der Waals surface area contributed by atoms with Gasteiger partial charge in [-0.25, -0.2) is 0 Å². The minimum absolute atomic E-state index is 0.0823. The van der Waals surface area contributed by atoms with Gasteiger partial charge < -0.3 is 10.2 Å². The molecule has 44 heavy (non-hydrogen) atoms. The summed E-state index contributed by atoms with van der Waals surface area (Å²) in [5, 5.41) is 21.4. The molecular formula is C40H56O4.